The maximum absolute atomic E-state index is 12.4. The second-order valence-electron chi connectivity index (χ2n) is 7.43. The van der Waals surface area contributed by atoms with E-state index in [1.807, 2.05) is 19.1 Å². The zero-order valence-electron chi connectivity index (χ0n) is 16.9. The van der Waals surface area contributed by atoms with Gasteiger partial charge in [0.2, 0.25) is 5.91 Å². The number of ether oxygens (including phenoxy) is 1. The van der Waals surface area contributed by atoms with E-state index in [1.165, 1.54) is 11.1 Å². The number of hydrogen-bond acceptors (Lipinski definition) is 5. The van der Waals surface area contributed by atoms with E-state index in [0.29, 0.717) is 23.8 Å². The molecule has 1 aromatic carbocycles. The third kappa shape index (κ3) is 4.51. The molecule has 0 fully saturated rings. The number of anilines is 1. The Morgan fingerprint density at radius 2 is 2.17 bits per heavy atom. The third-order valence-corrected chi connectivity index (χ3v) is 6.67. The number of benzene rings is 1. The number of aromatic nitrogens is 2. The molecule has 0 saturated carbocycles. The molecule has 0 saturated heterocycles. The second kappa shape index (κ2) is 9.34. The number of carbonyl (C=O) groups is 1. The number of rotatable bonds is 6. The van der Waals surface area contributed by atoms with Gasteiger partial charge in [0.1, 0.15) is 6.61 Å². The van der Waals surface area contributed by atoms with Crippen molar-refractivity contribution in [3.8, 4) is 0 Å². The van der Waals surface area contributed by atoms with Crippen LogP contribution in [0.2, 0.25) is 0 Å². The highest BCUT2D eigenvalue weighted by Gasteiger charge is 2.22. The number of aromatic amines is 1. The van der Waals surface area contributed by atoms with E-state index >= 15 is 0 Å². The first kappa shape index (κ1) is 20.5. The Hall–Kier alpha value is -2.80. The van der Waals surface area contributed by atoms with Gasteiger partial charge in [-0.15, -0.1) is 11.8 Å². The van der Waals surface area contributed by atoms with Gasteiger partial charge in [0.25, 0.3) is 5.56 Å². The Morgan fingerprint density at radius 1 is 1.33 bits per heavy atom. The minimum absolute atomic E-state index is 0.0159. The lowest BCUT2D eigenvalue weighted by Crippen LogP contribution is -2.18. The van der Waals surface area contributed by atoms with Crippen LogP contribution < -0.4 is 10.9 Å². The number of thioether (sulfide) groups is 1. The summed E-state index contributed by atoms with van der Waals surface area (Å²) in [4.78, 5) is 24.7. The lowest BCUT2D eigenvalue weighted by atomic mass is 9.83. The quantitative estimate of drug-likeness (QED) is 0.524. The SMILES string of the molecule is CCC(=O)Nc1ccc(C2CCCC=C2CSc2c3c(n[nH]c2=O)C=COC3)cc1. The van der Waals surface area contributed by atoms with Crippen molar-refractivity contribution in [2.45, 2.75) is 50.0 Å². The molecule has 2 aliphatic rings. The largest absolute Gasteiger partial charge is 0.496 e. The summed E-state index contributed by atoms with van der Waals surface area (Å²) in [6, 6.07) is 8.13. The highest BCUT2D eigenvalue weighted by molar-refractivity contribution is 7.99. The first-order valence-electron chi connectivity index (χ1n) is 10.3. The molecule has 1 unspecified atom stereocenters. The molecule has 2 aromatic rings. The van der Waals surface area contributed by atoms with Crippen LogP contribution in [0.25, 0.3) is 6.08 Å². The van der Waals surface area contributed by atoms with Gasteiger partial charge in [-0.25, -0.2) is 5.10 Å². The van der Waals surface area contributed by atoms with Gasteiger partial charge in [0.05, 0.1) is 16.9 Å². The van der Waals surface area contributed by atoms with Gasteiger partial charge in [-0.05, 0) is 37.0 Å². The van der Waals surface area contributed by atoms with Crippen LogP contribution in [0.5, 0.6) is 0 Å². The topological polar surface area (TPSA) is 84.1 Å². The monoisotopic (exact) mass is 423 g/mol. The summed E-state index contributed by atoms with van der Waals surface area (Å²) >= 11 is 1.56. The van der Waals surface area contributed by atoms with Crippen LogP contribution in [-0.4, -0.2) is 21.9 Å². The van der Waals surface area contributed by atoms with E-state index < -0.39 is 0 Å². The fourth-order valence-corrected chi connectivity index (χ4v) is 4.98. The van der Waals surface area contributed by atoms with Crippen molar-refractivity contribution in [1.29, 1.82) is 0 Å². The summed E-state index contributed by atoms with van der Waals surface area (Å²) in [5.74, 6) is 1.10. The van der Waals surface area contributed by atoms with Crippen LogP contribution in [0, 0.1) is 0 Å². The molecule has 0 spiro atoms. The molecular weight excluding hydrogens is 398 g/mol. The molecular formula is C23H25N3O3S. The van der Waals surface area contributed by atoms with Crippen LogP contribution in [0.4, 0.5) is 5.69 Å². The van der Waals surface area contributed by atoms with Crippen molar-refractivity contribution in [3.63, 3.8) is 0 Å². The normalized spacial score (nSPS) is 17.6. The van der Waals surface area contributed by atoms with Crippen molar-refractivity contribution < 1.29 is 9.53 Å². The molecule has 6 nitrogen and oxygen atoms in total. The summed E-state index contributed by atoms with van der Waals surface area (Å²) in [6.07, 6.45) is 9.46. The third-order valence-electron chi connectivity index (χ3n) is 5.47. The summed E-state index contributed by atoms with van der Waals surface area (Å²) in [5.41, 5.74) is 4.87. The Morgan fingerprint density at radius 3 is 2.97 bits per heavy atom. The van der Waals surface area contributed by atoms with Crippen molar-refractivity contribution in [2.75, 3.05) is 11.1 Å². The predicted octanol–water partition coefficient (Wildman–Crippen LogP) is 4.61. The Labute approximate surface area is 179 Å². The summed E-state index contributed by atoms with van der Waals surface area (Å²) in [6.45, 7) is 2.21. The van der Waals surface area contributed by atoms with Gasteiger partial charge in [-0.1, -0.05) is 30.7 Å². The average Bonchev–Trinajstić information content (AvgIpc) is 2.79. The fourth-order valence-electron chi connectivity index (χ4n) is 3.84. The average molecular weight is 424 g/mol. The number of allylic oxidation sites excluding steroid dienone is 1. The highest BCUT2D eigenvalue weighted by Crippen LogP contribution is 2.38. The van der Waals surface area contributed by atoms with E-state index in [-0.39, 0.29) is 11.5 Å². The van der Waals surface area contributed by atoms with Crippen molar-refractivity contribution >= 4 is 29.4 Å². The van der Waals surface area contributed by atoms with Gasteiger partial charge in [-0.2, -0.15) is 5.10 Å². The maximum Gasteiger partial charge on any atom is 0.278 e. The molecule has 0 radical (unpaired) electrons. The first-order valence-corrected chi connectivity index (χ1v) is 11.3. The van der Waals surface area contributed by atoms with Gasteiger partial charge in [0.15, 0.2) is 0 Å². The van der Waals surface area contributed by atoms with Gasteiger partial charge in [0, 0.05) is 35.4 Å². The Bertz CT molecular complexity index is 1040. The lowest BCUT2D eigenvalue weighted by molar-refractivity contribution is -0.115. The Balaban J connectivity index is 1.50. The van der Waals surface area contributed by atoms with Gasteiger partial charge < -0.3 is 10.1 Å². The molecule has 1 amide bonds. The molecule has 4 rings (SSSR count). The van der Waals surface area contributed by atoms with Crippen LogP contribution >= 0.6 is 11.8 Å². The Kier molecular flexibility index (Phi) is 6.38. The van der Waals surface area contributed by atoms with Crippen molar-refractivity contribution in [1.82, 2.24) is 10.2 Å². The number of carbonyl (C=O) groups excluding carboxylic acids is 1. The highest BCUT2D eigenvalue weighted by atomic mass is 32.2. The smallest absolute Gasteiger partial charge is 0.278 e. The standard InChI is InChI=1S/C23H25N3O3S/c1-2-21(27)24-17-9-7-15(8-10-17)18-6-4-3-5-16(18)14-30-22-19-13-29-12-11-20(19)25-26-23(22)28/h5,7-12,18H,2-4,6,13-14H2,1H3,(H,24,27)(H,26,28). The minimum atomic E-state index is -0.165. The van der Waals surface area contributed by atoms with E-state index in [2.05, 4.69) is 33.7 Å². The molecule has 0 bridgehead atoms. The second-order valence-corrected chi connectivity index (χ2v) is 8.42. The molecule has 156 valence electrons. The number of nitrogens with one attached hydrogen (secondary N) is 2. The molecule has 1 aliphatic carbocycles. The fraction of sp³-hybridized carbons (Fsp3) is 0.348. The van der Waals surface area contributed by atoms with Crippen LogP contribution in [0.15, 0.2) is 51.9 Å². The molecule has 1 aliphatic heterocycles. The number of amides is 1. The molecule has 2 heterocycles. The van der Waals surface area contributed by atoms with Crippen molar-refractivity contribution in [2.24, 2.45) is 0 Å². The number of hydrogen-bond donors (Lipinski definition) is 2. The summed E-state index contributed by atoms with van der Waals surface area (Å²) in [7, 11) is 0. The molecule has 1 atom stereocenters. The van der Waals surface area contributed by atoms with Crippen molar-refractivity contribution in [3.05, 3.63) is 69.4 Å². The lowest BCUT2D eigenvalue weighted by Gasteiger charge is -2.25. The number of nitrogens with zero attached hydrogens (tertiary/aromatic N) is 1. The van der Waals surface area contributed by atoms with Crippen LogP contribution in [0.3, 0.4) is 0 Å². The van der Waals surface area contributed by atoms with E-state index in [0.717, 1.165) is 42.0 Å². The molecule has 2 N–H and O–H groups in total. The number of H-pyrrole nitrogens is 1. The predicted molar refractivity (Wildman–Crippen MR) is 119 cm³/mol. The maximum atomic E-state index is 12.4. The van der Waals surface area contributed by atoms with Gasteiger partial charge in [-0.3, -0.25) is 9.59 Å². The van der Waals surface area contributed by atoms with Gasteiger partial charge >= 0.3 is 0 Å². The first-order chi connectivity index (χ1) is 14.7. The summed E-state index contributed by atoms with van der Waals surface area (Å²) in [5, 5.41) is 9.60. The molecule has 30 heavy (non-hydrogen) atoms. The molecule has 7 heteroatoms. The van der Waals surface area contributed by atoms with Crippen LogP contribution in [-0.2, 0) is 16.1 Å². The molecule has 1 aromatic heterocycles. The van der Waals surface area contributed by atoms with E-state index in [9.17, 15) is 9.59 Å². The zero-order valence-corrected chi connectivity index (χ0v) is 17.8. The minimum Gasteiger partial charge on any atom is -0.496 e. The van der Waals surface area contributed by atoms with Crippen LogP contribution in [0.1, 0.15) is 55.3 Å². The summed E-state index contributed by atoms with van der Waals surface area (Å²) < 4.78 is 5.39. The van der Waals surface area contributed by atoms with E-state index in [1.54, 1.807) is 24.1 Å². The van der Waals surface area contributed by atoms with E-state index in [4.69, 9.17) is 4.74 Å². The number of fused-ring (bicyclic) bond motifs is 1. The zero-order chi connectivity index (χ0) is 20.9.